The lowest BCUT2D eigenvalue weighted by Gasteiger charge is -2.14. The number of nitrogens with one attached hydrogen (secondary N) is 1. The van der Waals surface area contributed by atoms with Gasteiger partial charge in [0.25, 0.3) is 0 Å². The molecule has 0 unspecified atom stereocenters. The van der Waals surface area contributed by atoms with Gasteiger partial charge in [-0.25, -0.2) is 15.0 Å². The van der Waals surface area contributed by atoms with Gasteiger partial charge in [0.05, 0.1) is 22.2 Å². The average Bonchev–Trinajstić information content (AvgIpc) is 2.82. The van der Waals surface area contributed by atoms with Gasteiger partial charge >= 0.3 is 12.4 Å². The van der Waals surface area contributed by atoms with Crippen LogP contribution in [0.2, 0.25) is 0 Å². The molecule has 0 amide bonds. The molecule has 0 radical (unpaired) electrons. The zero-order valence-corrected chi connectivity index (χ0v) is 19.7. The highest BCUT2D eigenvalue weighted by Crippen LogP contribution is 2.36. The van der Waals surface area contributed by atoms with Crippen LogP contribution in [0.25, 0.3) is 22.4 Å². The lowest BCUT2D eigenvalue weighted by molar-refractivity contribution is -0.138. The van der Waals surface area contributed by atoms with Crippen molar-refractivity contribution < 1.29 is 31.1 Å². The number of fused-ring (bicyclic) bond motifs is 1. The number of rotatable bonds is 7. The Morgan fingerprint density at radius 3 is 2.38 bits per heavy atom. The lowest BCUT2D eigenvalue weighted by Crippen LogP contribution is -2.10. The molecular weight excluding hydrogens is 500 g/mol. The SMILES string of the molecule is CC(C)COCc1nc(Nc2cccc(C(F)(F)F)c2)c2ccc(-c3ncccc3C(F)(F)F)nc2n1. The zero-order valence-electron chi connectivity index (χ0n) is 19.7. The number of alkyl halides is 6. The van der Waals surface area contributed by atoms with E-state index < -0.39 is 23.5 Å². The highest BCUT2D eigenvalue weighted by atomic mass is 19.4. The van der Waals surface area contributed by atoms with Crippen LogP contribution in [0.1, 0.15) is 30.8 Å². The van der Waals surface area contributed by atoms with Crippen LogP contribution in [0.5, 0.6) is 0 Å². The molecule has 0 fully saturated rings. The summed E-state index contributed by atoms with van der Waals surface area (Å²) in [6.07, 6.45) is -7.98. The number of aromatic nitrogens is 4. The Hall–Kier alpha value is -3.80. The molecule has 4 aromatic rings. The molecular formula is C25H21F6N5O. The van der Waals surface area contributed by atoms with E-state index >= 15 is 0 Å². The van der Waals surface area contributed by atoms with Gasteiger partial charge in [-0.3, -0.25) is 4.98 Å². The Balaban J connectivity index is 1.80. The van der Waals surface area contributed by atoms with Gasteiger partial charge in [0.2, 0.25) is 0 Å². The minimum absolute atomic E-state index is 0.0314. The summed E-state index contributed by atoms with van der Waals surface area (Å²) < 4.78 is 85.8. The largest absolute Gasteiger partial charge is 0.418 e. The van der Waals surface area contributed by atoms with Crippen molar-refractivity contribution in [2.75, 3.05) is 11.9 Å². The molecule has 0 saturated heterocycles. The second-order valence-corrected chi connectivity index (χ2v) is 8.57. The summed E-state index contributed by atoms with van der Waals surface area (Å²) in [6, 6.07) is 9.40. The van der Waals surface area contributed by atoms with Crippen LogP contribution in [-0.2, 0) is 23.7 Å². The smallest absolute Gasteiger partial charge is 0.373 e. The van der Waals surface area contributed by atoms with Crippen LogP contribution in [0, 0.1) is 5.92 Å². The third-order valence-corrected chi connectivity index (χ3v) is 5.10. The maximum Gasteiger partial charge on any atom is 0.418 e. The minimum Gasteiger partial charge on any atom is -0.373 e. The van der Waals surface area contributed by atoms with Crippen molar-refractivity contribution in [2.24, 2.45) is 5.92 Å². The molecule has 0 aliphatic carbocycles. The fourth-order valence-electron chi connectivity index (χ4n) is 3.48. The van der Waals surface area contributed by atoms with E-state index in [1.165, 1.54) is 36.5 Å². The molecule has 1 N–H and O–H groups in total. The van der Waals surface area contributed by atoms with E-state index in [1.807, 2.05) is 13.8 Å². The van der Waals surface area contributed by atoms with Crippen LogP contribution in [-0.4, -0.2) is 26.5 Å². The number of nitrogens with zero attached hydrogens (tertiary/aromatic N) is 4. The van der Waals surface area contributed by atoms with Crippen LogP contribution >= 0.6 is 0 Å². The Labute approximate surface area is 207 Å². The van der Waals surface area contributed by atoms with Crippen molar-refractivity contribution in [3.8, 4) is 11.4 Å². The topological polar surface area (TPSA) is 72.8 Å². The van der Waals surface area contributed by atoms with Gasteiger partial charge in [-0.15, -0.1) is 0 Å². The normalized spacial score (nSPS) is 12.4. The first-order valence-corrected chi connectivity index (χ1v) is 11.1. The van der Waals surface area contributed by atoms with Crippen molar-refractivity contribution >= 4 is 22.5 Å². The van der Waals surface area contributed by atoms with Crippen molar-refractivity contribution in [1.82, 2.24) is 19.9 Å². The highest BCUT2D eigenvalue weighted by Gasteiger charge is 2.35. The molecule has 0 bridgehead atoms. The molecule has 3 aromatic heterocycles. The lowest BCUT2D eigenvalue weighted by atomic mass is 10.1. The monoisotopic (exact) mass is 521 g/mol. The number of halogens is 6. The predicted octanol–water partition coefficient (Wildman–Crippen LogP) is 7.04. The van der Waals surface area contributed by atoms with Crippen molar-refractivity contribution in [2.45, 2.75) is 32.8 Å². The van der Waals surface area contributed by atoms with Gasteiger partial charge in [0.1, 0.15) is 18.1 Å². The quantitative estimate of drug-likeness (QED) is 0.263. The molecule has 12 heteroatoms. The van der Waals surface area contributed by atoms with Gasteiger partial charge in [-0.1, -0.05) is 19.9 Å². The predicted molar refractivity (Wildman–Crippen MR) is 125 cm³/mol. The minimum atomic E-state index is -4.65. The average molecular weight is 521 g/mol. The van der Waals surface area contributed by atoms with Gasteiger partial charge < -0.3 is 10.1 Å². The third kappa shape index (κ3) is 6.31. The fourth-order valence-corrected chi connectivity index (χ4v) is 3.48. The van der Waals surface area contributed by atoms with E-state index in [0.29, 0.717) is 12.0 Å². The second-order valence-electron chi connectivity index (χ2n) is 8.57. The molecule has 0 saturated carbocycles. The molecule has 0 aliphatic rings. The van der Waals surface area contributed by atoms with E-state index in [9.17, 15) is 26.3 Å². The second kappa shape index (κ2) is 10.3. The molecule has 0 aliphatic heterocycles. The molecule has 1 aromatic carbocycles. The summed E-state index contributed by atoms with van der Waals surface area (Å²) in [6.45, 7) is 4.25. The van der Waals surface area contributed by atoms with Crippen LogP contribution in [0.15, 0.2) is 54.7 Å². The summed E-state index contributed by atoms with van der Waals surface area (Å²) in [7, 11) is 0. The molecule has 194 valence electrons. The number of hydrogen-bond acceptors (Lipinski definition) is 6. The number of benzene rings is 1. The van der Waals surface area contributed by atoms with Gasteiger partial charge in [0.15, 0.2) is 11.5 Å². The summed E-state index contributed by atoms with van der Waals surface area (Å²) in [5.41, 5.74) is -2.12. The summed E-state index contributed by atoms with van der Waals surface area (Å²) in [4.78, 5) is 16.9. The number of anilines is 2. The first kappa shape index (κ1) is 26.3. The molecule has 4 rings (SSSR count). The molecule has 6 nitrogen and oxygen atoms in total. The van der Waals surface area contributed by atoms with E-state index in [1.54, 1.807) is 0 Å². The number of hydrogen-bond donors (Lipinski definition) is 1. The van der Waals surface area contributed by atoms with Crippen molar-refractivity contribution in [3.05, 3.63) is 71.7 Å². The Kier molecular flexibility index (Phi) is 7.30. The van der Waals surface area contributed by atoms with Crippen LogP contribution in [0.4, 0.5) is 37.8 Å². The number of pyridine rings is 2. The summed E-state index contributed by atoms with van der Waals surface area (Å²) in [5.74, 6) is 0.505. The van der Waals surface area contributed by atoms with Crippen LogP contribution in [0.3, 0.4) is 0 Å². The van der Waals surface area contributed by atoms with Gasteiger partial charge in [-0.05, 0) is 48.4 Å². The van der Waals surface area contributed by atoms with Gasteiger partial charge in [0, 0.05) is 18.5 Å². The van der Waals surface area contributed by atoms with Crippen molar-refractivity contribution in [3.63, 3.8) is 0 Å². The Bertz CT molecular complexity index is 1400. The van der Waals surface area contributed by atoms with E-state index in [-0.39, 0.29) is 46.9 Å². The summed E-state index contributed by atoms with van der Waals surface area (Å²) >= 11 is 0. The van der Waals surface area contributed by atoms with Crippen LogP contribution < -0.4 is 5.32 Å². The molecule has 0 atom stereocenters. The highest BCUT2D eigenvalue weighted by molar-refractivity contribution is 5.90. The van der Waals surface area contributed by atoms with Crippen molar-refractivity contribution in [1.29, 1.82) is 0 Å². The maximum atomic E-state index is 13.5. The Morgan fingerprint density at radius 2 is 1.68 bits per heavy atom. The molecule has 37 heavy (non-hydrogen) atoms. The van der Waals surface area contributed by atoms with E-state index in [0.717, 1.165) is 18.2 Å². The van der Waals surface area contributed by atoms with E-state index in [4.69, 9.17) is 4.74 Å². The van der Waals surface area contributed by atoms with Gasteiger partial charge in [-0.2, -0.15) is 26.3 Å². The zero-order chi connectivity index (χ0) is 26.8. The molecule has 0 spiro atoms. The van der Waals surface area contributed by atoms with E-state index in [2.05, 4.69) is 25.3 Å². The standard InChI is InChI=1S/C25H21F6N5O/c1-14(2)12-37-13-20-35-22(33-16-6-3-5-15(11-16)24(26,27)28)17-8-9-19(34-23(17)36-20)21-18(25(29,30)31)7-4-10-32-21/h3-11,14H,12-13H2,1-2H3,(H,33,34,35,36). The fraction of sp³-hybridized carbons (Fsp3) is 0.280. The maximum absolute atomic E-state index is 13.5. The first-order chi connectivity index (χ1) is 17.4. The molecule has 3 heterocycles. The first-order valence-electron chi connectivity index (χ1n) is 11.1. The third-order valence-electron chi connectivity index (χ3n) is 5.10. The Morgan fingerprint density at radius 1 is 0.892 bits per heavy atom. The number of ether oxygens (including phenoxy) is 1. The summed E-state index contributed by atoms with van der Waals surface area (Å²) in [5, 5.41) is 3.14.